The zero-order valence-electron chi connectivity index (χ0n) is 9.28. The van der Waals surface area contributed by atoms with Crippen molar-refractivity contribution in [2.45, 2.75) is 51.6 Å². The molecule has 3 heteroatoms. The molecular formula is C12H19NOS. The fraction of sp³-hybridized carbons (Fsp3) is 0.750. The van der Waals surface area contributed by atoms with Crippen LogP contribution in [0.5, 0.6) is 0 Å². The van der Waals surface area contributed by atoms with Crippen molar-refractivity contribution in [3.63, 3.8) is 0 Å². The van der Waals surface area contributed by atoms with Gasteiger partial charge in [0.05, 0.1) is 16.8 Å². The maximum absolute atomic E-state index is 10.2. The molecule has 1 heterocycles. The average Bonchev–Trinajstić information content (AvgIpc) is 2.53. The molecule has 2 nitrogen and oxygen atoms in total. The molecule has 1 fully saturated rings. The predicted molar refractivity (Wildman–Crippen MR) is 63.0 cm³/mol. The van der Waals surface area contributed by atoms with Crippen molar-refractivity contribution < 1.29 is 5.11 Å². The minimum absolute atomic E-state index is 0.326. The zero-order chi connectivity index (χ0) is 10.7. The van der Waals surface area contributed by atoms with Gasteiger partial charge < -0.3 is 5.11 Å². The summed E-state index contributed by atoms with van der Waals surface area (Å²) in [6.45, 7) is 1.99. The Hall–Kier alpha value is -0.410. The highest BCUT2D eigenvalue weighted by Gasteiger charge is 2.23. The van der Waals surface area contributed by atoms with Crippen LogP contribution in [0, 0.1) is 12.8 Å². The van der Waals surface area contributed by atoms with Crippen LogP contribution in [-0.4, -0.2) is 10.1 Å². The molecule has 84 valence electrons. The van der Waals surface area contributed by atoms with E-state index in [0.717, 1.165) is 23.5 Å². The van der Waals surface area contributed by atoms with E-state index >= 15 is 0 Å². The molecule has 1 aromatic rings. The van der Waals surface area contributed by atoms with E-state index in [-0.39, 0.29) is 6.10 Å². The van der Waals surface area contributed by atoms with Crippen LogP contribution in [0.15, 0.2) is 5.38 Å². The highest BCUT2D eigenvalue weighted by atomic mass is 32.1. The second-order valence-corrected chi connectivity index (χ2v) is 5.55. The molecule has 2 rings (SSSR count). The lowest BCUT2D eigenvalue weighted by molar-refractivity contribution is 0.0953. The van der Waals surface area contributed by atoms with Crippen LogP contribution in [0.3, 0.4) is 0 Å². The number of rotatable bonds is 2. The molecular weight excluding hydrogens is 206 g/mol. The van der Waals surface area contributed by atoms with Gasteiger partial charge in [0.25, 0.3) is 0 Å². The van der Waals surface area contributed by atoms with Gasteiger partial charge in [-0.3, -0.25) is 0 Å². The van der Waals surface area contributed by atoms with Crippen molar-refractivity contribution >= 4 is 11.3 Å². The highest BCUT2D eigenvalue weighted by molar-refractivity contribution is 7.09. The quantitative estimate of drug-likeness (QED) is 0.782. The molecule has 1 N–H and O–H groups in total. The third kappa shape index (κ3) is 2.79. The third-order valence-electron chi connectivity index (χ3n) is 3.29. The Labute approximate surface area is 95.4 Å². The van der Waals surface area contributed by atoms with Crippen LogP contribution in [-0.2, 0) is 0 Å². The monoisotopic (exact) mass is 225 g/mol. The van der Waals surface area contributed by atoms with Crippen LogP contribution < -0.4 is 0 Å². The molecule has 0 aliphatic heterocycles. The normalized spacial score (nSPS) is 21.2. The molecule has 0 bridgehead atoms. The largest absolute Gasteiger partial charge is 0.386 e. The number of aliphatic hydroxyl groups is 1. The fourth-order valence-corrected chi connectivity index (χ4v) is 3.03. The Morgan fingerprint density at radius 2 is 2.00 bits per heavy atom. The Kier molecular flexibility index (Phi) is 3.76. The van der Waals surface area contributed by atoms with Gasteiger partial charge in [-0.05, 0) is 25.7 Å². The maximum atomic E-state index is 10.2. The van der Waals surface area contributed by atoms with Crippen molar-refractivity contribution in [3.05, 3.63) is 16.1 Å². The van der Waals surface area contributed by atoms with Gasteiger partial charge >= 0.3 is 0 Å². The Bertz CT molecular complexity index is 302. The van der Waals surface area contributed by atoms with Crippen molar-refractivity contribution in [3.8, 4) is 0 Å². The third-order valence-corrected chi connectivity index (χ3v) is 4.08. The number of hydrogen-bond donors (Lipinski definition) is 1. The van der Waals surface area contributed by atoms with Crippen LogP contribution in [0.1, 0.15) is 55.3 Å². The van der Waals surface area contributed by atoms with Gasteiger partial charge in [0.2, 0.25) is 0 Å². The van der Waals surface area contributed by atoms with E-state index in [1.165, 1.54) is 25.7 Å². The molecule has 0 aromatic carbocycles. The highest BCUT2D eigenvalue weighted by Crippen LogP contribution is 2.33. The Balaban J connectivity index is 2.02. The number of nitrogens with zero attached hydrogens (tertiary/aromatic N) is 1. The number of aliphatic hydroxyl groups excluding tert-OH is 1. The second kappa shape index (κ2) is 5.08. The molecule has 1 aliphatic rings. The molecule has 0 saturated heterocycles. The molecule has 1 aromatic heterocycles. The van der Waals surface area contributed by atoms with E-state index in [1.54, 1.807) is 11.3 Å². The zero-order valence-corrected chi connectivity index (χ0v) is 10.1. The van der Waals surface area contributed by atoms with E-state index < -0.39 is 0 Å². The first-order valence-corrected chi connectivity index (χ1v) is 6.75. The summed E-state index contributed by atoms with van der Waals surface area (Å²) in [5.74, 6) is 0.439. The van der Waals surface area contributed by atoms with Gasteiger partial charge in [-0.25, -0.2) is 4.98 Å². The van der Waals surface area contributed by atoms with Crippen molar-refractivity contribution in [1.29, 1.82) is 0 Å². The Morgan fingerprint density at radius 3 is 2.53 bits per heavy atom. The van der Waals surface area contributed by atoms with Crippen LogP contribution in [0.2, 0.25) is 0 Å². The number of hydrogen-bond acceptors (Lipinski definition) is 3. The van der Waals surface area contributed by atoms with E-state index in [9.17, 15) is 5.11 Å². The van der Waals surface area contributed by atoms with Crippen molar-refractivity contribution in [2.24, 2.45) is 5.92 Å². The summed E-state index contributed by atoms with van der Waals surface area (Å²) in [4.78, 5) is 4.38. The topological polar surface area (TPSA) is 33.1 Å². The molecule has 0 amide bonds. The maximum Gasteiger partial charge on any atom is 0.0996 e. The van der Waals surface area contributed by atoms with Crippen molar-refractivity contribution in [2.75, 3.05) is 0 Å². The van der Waals surface area contributed by atoms with Gasteiger partial charge in [-0.15, -0.1) is 11.3 Å². The average molecular weight is 225 g/mol. The first kappa shape index (κ1) is 11.1. The smallest absolute Gasteiger partial charge is 0.0996 e. The summed E-state index contributed by atoms with van der Waals surface area (Å²) in [5.41, 5.74) is 0.893. The molecule has 1 atom stereocenters. The summed E-state index contributed by atoms with van der Waals surface area (Å²) in [5, 5.41) is 13.3. The van der Waals surface area contributed by atoms with Crippen LogP contribution >= 0.6 is 11.3 Å². The first-order chi connectivity index (χ1) is 7.27. The molecule has 0 radical (unpaired) electrons. The summed E-state index contributed by atoms with van der Waals surface area (Å²) >= 11 is 1.63. The van der Waals surface area contributed by atoms with Crippen molar-refractivity contribution in [1.82, 2.24) is 4.98 Å². The summed E-state index contributed by atoms with van der Waals surface area (Å²) in [6, 6.07) is 0. The van der Waals surface area contributed by atoms with E-state index in [4.69, 9.17) is 0 Å². The SMILES string of the molecule is Cc1nc(C(O)C2CCCCCC2)cs1. The molecule has 1 unspecified atom stereocenters. The lowest BCUT2D eigenvalue weighted by atomic mass is 9.92. The standard InChI is InChI=1S/C12H19NOS/c1-9-13-11(8-15-9)12(14)10-6-4-2-3-5-7-10/h8,10,12,14H,2-7H2,1H3. The first-order valence-electron chi connectivity index (χ1n) is 5.87. The number of aromatic nitrogens is 1. The number of thiazole rings is 1. The van der Waals surface area contributed by atoms with Gasteiger partial charge in [-0.1, -0.05) is 25.7 Å². The fourth-order valence-electron chi connectivity index (χ4n) is 2.38. The van der Waals surface area contributed by atoms with Crippen LogP contribution in [0.4, 0.5) is 0 Å². The molecule has 15 heavy (non-hydrogen) atoms. The Morgan fingerprint density at radius 1 is 1.33 bits per heavy atom. The predicted octanol–water partition coefficient (Wildman–Crippen LogP) is 3.46. The van der Waals surface area contributed by atoms with Gasteiger partial charge in [0.15, 0.2) is 0 Å². The van der Waals surface area contributed by atoms with E-state index in [1.807, 2.05) is 12.3 Å². The molecule has 1 aliphatic carbocycles. The second-order valence-electron chi connectivity index (χ2n) is 4.49. The minimum Gasteiger partial charge on any atom is -0.386 e. The van der Waals surface area contributed by atoms with Gasteiger partial charge in [0.1, 0.15) is 0 Å². The lowest BCUT2D eigenvalue weighted by Crippen LogP contribution is -2.12. The van der Waals surface area contributed by atoms with E-state index in [0.29, 0.717) is 5.92 Å². The van der Waals surface area contributed by atoms with E-state index in [2.05, 4.69) is 4.98 Å². The summed E-state index contributed by atoms with van der Waals surface area (Å²) in [6.07, 6.45) is 7.21. The van der Waals surface area contributed by atoms with Gasteiger partial charge in [-0.2, -0.15) is 0 Å². The molecule has 0 spiro atoms. The lowest BCUT2D eigenvalue weighted by Gasteiger charge is -2.19. The minimum atomic E-state index is -0.326. The summed E-state index contributed by atoms with van der Waals surface area (Å²) in [7, 11) is 0. The summed E-state index contributed by atoms with van der Waals surface area (Å²) < 4.78 is 0. The number of aryl methyl sites for hydroxylation is 1. The van der Waals surface area contributed by atoms with Crippen LogP contribution in [0.25, 0.3) is 0 Å². The molecule has 1 saturated carbocycles. The van der Waals surface area contributed by atoms with Gasteiger partial charge in [0, 0.05) is 5.38 Å².